The monoisotopic (exact) mass is 168 g/mol. The lowest BCUT2D eigenvalue weighted by Crippen LogP contribution is -2.16. The fourth-order valence-corrected chi connectivity index (χ4v) is 1.56. The van der Waals surface area contributed by atoms with E-state index in [1.807, 2.05) is 0 Å². The first-order valence-corrected chi connectivity index (χ1v) is 5.18. The Balaban J connectivity index is 4.74. The van der Waals surface area contributed by atoms with Crippen molar-refractivity contribution in [1.82, 2.24) is 0 Å². The average molecular weight is 168 g/mol. The predicted molar refractivity (Wildman–Crippen MR) is 57.4 cm³/mol. The average Bonchev–Trinajstić information content (AvgIpc) is 2.14. The van der Waals surface area contributed by atoms with E-state index in [0.717, 1.165) is 0 Å². The summed E-state index contributed by atoms with van der Waals surface area (Å²) < 4.78 is 0. The van der Waals surface area contributed by atoms with Gasteiger partial charge in [0.25, 0.3) is 0 Å². The lowest BCUT2D eigenvalue weighted by molar-refractivity contribution is 0.363. The van der Waals surface area contributed by atoms with Gasteiger partial charge < -0.3 is 0 Å². The smallest absolute Gasteiger partial charge is 0.0122 e. The second kappa shape index (κ2) is 4.69. The van der Waals surface area contributed by atoms with Crippen molar-refractivity contribution in [2.75, 3.05) is 0 Å². The molecule has 0 heteroatoms. The summed E-state index contributed by atoms with van der Waals surface area (Å²) in [5, 5.41) is 0. The highest BCUT2D eigenvalue weighted by molar-refractivity contribution is 5.17. The van der Waals surface area contributed by atoms with Crippen LogP contribution in [0.3, 0.4) is 0 Å². The van der Waals surface area contributed by atoms with Gasteiger partial charge in [-0.05, 0) is 38.5 Å². The summed E-state index contributed by atoms with van der Waals surface area (Å²) in [6.45, 7) is 13.8. The molecule has 0 atom stereocenters. The minimum absolute atomic E-state index is 0.445. The van der Waals surface area contributed by atoms with Crippen molar-refractivity contribution in [3.63, 3.8) is 0 Å². The molecule has 0 aromatic rings. The van der Waals surface area contributed by atoms with E-state index < -0.39 is 0 Å². The van der Waals surface area contributed by atoms with Crippen LogP contribution < -0.4 is 0 Å². The minimum atomic E-state index is 0.445. The second-order valence-electron chi connectivity index (χ2n) is 4.03. The molecule has 0 radical (unpaired) electrons. The van der Waals surface area contributed by atoms with Gasteiger partial charge in [0.15, 0.2) is 0 Å². The molecule has 0 unspecified atom stereocenters. The molecule has 0 N–H and O–H groups in total. The second-order valence-corrected chi connectivity index (χ2v) is 4.03. The number of hydrogen-bond acceptors (Lipinski definition) is 0. The van der Waals surface area contributed by atoms with Crippen LogP contribution in [-0.4, -0.2) is 0 Å². The summed E-state index contributed by atoms with van der Waals surface area (Å²) in [6, 6.07) is 0. The van der Waals surface area contributed by atoms with Crippen molar-refractivity contribution in [2.24, 2.45) is 5.41 Å². The zero-order valence-electron chi connectivity index (χ0n) is 9.62. The van der Waals surface area contributed by atoms with Gasteiger partial charge in [-0.1, -0.05) is 38.8 Å². The summed E-state index contributed by atoms with van der Waals surface area (Å²) in [4.78, 5) is 0. The number of allylic oxidation sites excluding steroid dienone is 2. The van der Waals surface area contributed by atoms with Crippen LogP contribution in [0.25, 0.3) is 0 Å². The van der Waals surface area contributed by atoms with Crippen molar-refractivity contribution in [2.45, 2.75) is 60.8 Å². The zero-order valence-corrected chi connectivity index (χ0v) is 9.62. The Morgan fingerprint density at radius 3 is 1.67 bits per heavy atom. The Kier molecular flexibility index (Phi) is 4.59. The van der Waals surface area contributed by atoms with E-state index in [1.165, 1.54) is 19.3 Å². The summed E-state index contributed by atoms with van der Waals surface area (Å²) in [7, 11) is 0. The third-order valence-electron chi connectivity index (χ3n) is 3.64. The van der Waals surface area contributed by atoms with Gasteiger partial charge in [-0.2, -0.15) is 0 Å². The van der Waals surface area contributed by atoms with Crippen LogP contribution >= 0.6 is 0 Å². The third-order valence-corrected chi connectivity index (χ3v) is 3.64. The third kappa shape index (κ3) is 2.36. The van der Waals surface area contributed by atoms with Crippen molar-refractivity contribution in [3.05, 3.63) is 11.1 Å². The molecule has 0 aliphatic rings. The molecule has 0 heterocycles. The van der Waals surface area contributed by atoms with Crippen LogP contribution in [0.1, 0.15) is 60.8 Å². The molecule has 0 aromatic heterocycles. The van der Waals surface area contributed by atoms with Gasteiger partial charge >= 0.3 is 0 Å². The molecule has 0 amide bonds. The maximum Gasteiger partial charge on any atom is -0.0122 e. The van der Waals surface area contributed by atoms with Gasteiger partial charge in [0.05, 0.1) is 0 Å². The van der Waals surface area contributed by atoms with Crippen LogP contribution in [0.4, 0.5) is 0 Å². The maximum atomic E-state index is 2.38. The first-order valence-electron chi connectivity index (χ1n) is 5.18. The fraction of sp³-hybridized carbons (Fsp3) is 0.833. The van der Waals surface area contributed by atoms with E-state index in [0.29, 0.717) is 5.41 Å². The van der Waals surface area contributed by atoms with E-state index in [9.17, 15) is 0 Å². The molecule has 0 fully saturated rings. The zero-order chi connectivity index (χ0) is 9.78. The molecule has 0 bridgehead atoms. The summed E-state index contributed by atoms with van der Waals surface area (Å²) >= 11 is 0. The summed E-state index contributed by atoms with van der Waals surface area (Å²) in [5.41, 5.74) is 3.62. The molecule has 12 heavy (non-hydrogen) atoms. The van der Waals surface area contributed by atoms with Gasteiger partial charge in [0.1, 0.15) is 0 Å². The van der Waals surface area contributed by atoms with Gasteiger partial charge in [-0.15, -0.1) is 0 Å². The normalized spacial score (nSPS) is 14.5. The van der Waals surface area contributed by atoms with E-state index in [-0.39, 0.29) is 0 Å². The van der Waals surface area contributed by atoms with Crippen molar-refractivity contribution < 1.29 is 0 Å². The van der Waals surface area contributed by atoms with Gasteiger partial charge in [-0.3, -0.25) is 0 Å². The highest BCUT2D eigenvalue weighted by Crippen LogP contribution is 2.36. The standard InChI is InChI=1S/C12H24/c1-7-10(4)11(5)12(6,8-2)9-3/h7-9H2,1-6H3/b11-10+. The lowest BCUT2D eigenvalue weighted by Gasteiger charge is -2.29. The van der Waals surface area contributed by atoms with E-state index in [4.69, 9.17) is 0 Å². The molecule has 72 valence electrons. The predicted octanol–water partition coefficient (Wildman–Crippen LogP) is 4.56. The Morgan fingerprint density at radius 1 is 1.00 bits per heavy atom. The van der Waals surface area contributed by atoms with Crippen molar-refractivity contribution >= 4 is 0 Å². The lowest BCUT2D eigenvalue weighted by atomic mass is 9.76. The molecule has 0 rings (SSSR count). The van der Waals surface area contributed by atoms with E-state index in [1.54, 1.807) is 11.1 Å². The van der Waals surface area contributed by atoms with E-state index in [2.05, 4.69) is 41.5 Å². The van der Waals surface area contributed by atoms with Crippen molar-refractivity contribution in [3.8, 4) is 0 Å². The SMILES string of the molecule is CC/C(C)=C(\C)C(C)(CC)CC. The molecular weight excluding hydrogens is 144 g/mol. The first kappa shape index (κ1) is 11.7. The Labute approximate surface area is 78.1 Å². The largest absolute Gasteiger partial charge is 0.0741 e. The van der Waals surface area contributed by atoms with Crippen LogP contribution in [0.15, 0.2) is 11.1 Å². The molecule has 0 spiro atoms. The molecule has 0 saturated carbocycles. The molecule has 0 saturated heterocycles. The number of hydrogen-bond donors (Lipinski definition) is 0. The van der Waals surface area contributed by atoms with Crippen molar-refractivity contribution in [1.29, 1.82) is 0 Å². The van der Waals surface area contributed by atoms with Gasteiger partial charge in [-0.25, -0.2) is 0 Å². The molecule has 0 nitrogen and oxygen atoms in total. The summed E-state index contributed by atoms with van der Waals surface area (Å²) in [5.74, 6) is 0. The fourth-order valence-electron chi connectivity index (χ4n) is 1.56. The Hall–Kier alpha value is -0.260. The molecule has 0 aliphatic carbocycles. The van der Waals surface area contributed by atoms with Crippen LogP contribution in [0.5, 0.6) is 0 Å². The van der Waals surface area contributed by atoms with Crippen LogP contribution in [-0.2, 0) is 0 Å². The minimum Gasteiger partial charge on any atom is -0.0741 e. The highest BCUT2D eigenvalue weighted by atomic mass is 14.3. The molecular formula is C12H24. The Bertz CT molecular complexity index is 159. The maximum absolute atomic E-state index is 2.38. The van der Waals surface area contributed by atoms with E-state index >= 15 is 0 Å². The quantitative estimate of drug-likeness (QED) is 0.540. The summed E-state index contributed by atoms with van der Waals surface area (Å²) in [6.07, 6.45) is 3.71. The van der Waals surface area contributed by atoms with Crippen LogP contribution in [0.2, 0.25) is 0 Å². The number of rotatable bonds is 4. The van der Waals surface area contributed by atoms with Crippen LogP contribution in [0, 0.1) is 5.41 Å². The Morgan fingerprint density at radius 2 is 1.42 bits per heavy atom. The molecule has 0 aromatic carbocycles. The van der Waals surface area contributed by atoms with Gasteiger partial charge in [0.2, 0.25) is 0 Å². The highest BCUT2D eigenvalue weighted by Gasteiger charge is 2.22. The first-order chi connectivity index (χ1) is 5.51. The topological polar surface area (TPSA) is 0 Å². The van der Waals surface area contributed by atoms with Gasteiger partial charge in [0, 0.05) is 0 Å². The molecule has 0 aliphatic heterocycles.